The van der Waals surface area contributed by atoms with Crippen LogP contribution in [0.5, 0.6) is 0 Å². The molecule has 2 aromatic rings. The summed E-state index contributed by atoms with van der Waals surface area (Å²) >= 11 is 11.5. The van der Waals surface area contributed by atoms with E-state index in [1.807, 2.05) is 30.0 Å². The van der Waals surface area contributed by atoms with E-state index in [1.54, 1.807) is 12.1 Å². The van der Waals surface area contributed by atoms with Gasteiger partial charge in [-0.3, -0.25) is 4.79 Å². The van der Waals surface area contributed by atoms with Crippen molar-refractivity contribution in [3.05, 3.63) is 63.1 Å². The van der Waals surface area contributed by atoms with Crippen LogP contribution in [0.25, 0.3) is 0 Å². The lowest BCUT2D eigenvalue weighted by Crippen LogP contribution is -2.34. The molecule has 1 amide bonds. The second-order valence-corrected chi connectivity index (χ2v) is 8.53. The predicted octanol–water partition coefficient (Wildman–Crippen LogP) is 4.95. The molecule has 1 fully saturated rings. The Bertz CT molecular complexity index is 733. The van der Waals surface area contributed by atoms with Gasteiger partial charge in [0.05, 0.1) is 10.6 Å². The first-order valence-corrected chi connectivity index (χ1v) is 10.6. The van der Waals surface area contributed by atoms with Gasteiger partial charge < -0.3 is 10.2 Å². The van der Waals surface area contributed by atoms with Crippen LogP contribution in [0.1, 0.15) is 15.9 Å². The van der Waals surface area contributed by atoms with Crippen LogP contribution in [-0.4, -0.2) is 41.9 Å². The molecule has 1 aliphatic rings. The van der Waals surface area contributed by atoms with E-state index in [9.17, 15) is 4.79 Å². The standard InChI is InChI=1S/C19H20BrClN2OS/c20-15-3-6-17(18(21)13-15)19(24)22-16-4-1-14(2-5-16)7-8-23-9-11-25-12-10-23/h1-6,13H,7-12H2,(H,22,24). The summed E-state index contributed by atoms with van der Waals surface area (Å²) in [5.41, 5.74) is 2.54. The molecule has 1 heterocycles. The molecule has 0 aliphatic carbocycles. The fourth-order valence-corrected chi connectivity index (χ4v) is 4.48. The summed E-state index contributed by atoms with van der Waals surface area (Å²) in [6.07, 6.45) is 1.04. The Labute approximate surface area is 166 Å². The van der Waals surface area contributed by atoms with E-state index in [2.05, 4.69) is 38.3 Å². The molecule has 0 aromatic heterocycles. The fraction of sp³-hybridized carbons (Fsp3) is 0.316. The van der Waals surface area contributed by atoms with Crippen LogP contribution >= 0.6 is 39.3 Å². The van der Waals surface area contributed by atoms with Crippen molar-refractivity contribution >= 4 is 50.9 Å². The average Bonchev–Trinajstić information content (AvgIpc) is 2.62. The highest BCUT2D eigenvalue weighted by molar-refractivity contribution is 9.10. The zero-order valence-corrected chi connectivity index (χ0v) is 17.0. The molecule has 6 heteroatoms. The highest BCUT2D eigenvalue weighted by atomic mass is 79.9. The third-order valence-electron chi connectivity index (χ3n) is 4.21. The molecule has 1 N–H and O–H groups in total. The molecule has 0 bridgehead atoms. The second kappa shape index (κ2) is 9.08. The molecule has 0 atom stereocenters. The van der Waals surface area contributed by atoms with E-state index in [1.165, 1.54) is 30.2 Å². The van der Waals surface area contributed by atoms with Gasteiger partial charge in [-0.2, -0.15) is 11.8 Å². The minimum atomic E-state index is -0.198. The maximum absolute atomic E-state index is 12.3. The third kappa shape index (κ3) is 5.48. The molecule has 1 aliphatic heterocycles. The Kier molecular flexibility index (Phi) is 6.82. The molecule has 3 nitrogen and oxygen atoms in total. The van der Waals surface area contributed by atoms with Gasteiger partial charge in [-0.15, -0.1) is 0 Å². The molecule has 1 saturated heterocycles. The summed E-state index contributed by atoms with van der Waals surface area (Å²) in [6.45, 7) is 3.47. The summed E-state index contributed by atoms with van der Waals surface area (Å²) in [5, 5.41) is 3.33. The number of halogens is 2. The van der Waals surface area contributed by atoms with Crippen LogP contribution in [-0.2, 0) is 6.42 Å². The van der Waals surface area contributed by atoms with Gasteiger partial charge in [0.2, 0.25) is 0 Å². The Morgan fingerprint density at radius 3 is 2.56 bits per heavy atom. The zero-order chi connectivity index (χ0) is 17.6. The summed E-state index contributed by atoms with van der Waals surface area (Å²) in [5.74, 6) is 2.28. The average molecular weight is 440 g/mol. The van der Waals surface area contributed by atoms with Crippen LogP contribution in [0, 0.1) is 0 Å². The van der Waals surface area contributed by atoms with E-state index < -0.39 is 0 Å². The summed E-state index contributed by atoms with van der Waals surface area (Å²) in [4.78, 5) is 14.9. The van der Waals surface area contributed by atoms with Gasteiger partial charge in [0.15, 0.2) is 0 Å². The van der Waals surface area contributed by atoms with Crippen LogP contribution in [0.3, 0.4) is 0 Å². The molecule has 0 radical (unpaired) electrons. The van der Waals surface area contributed by atoms with Crippen molar-refractivity contribution in [2.24, 2.45) is 0 Å². The Hall–Kier alpha value is -1.01. The van der Waals surface area contributed by atoms with Gasteiger partial charge >= 0.3 is 0 Å². The van der Waals surface area contributed by atoms with Gasteiger partial charge in [-0.05, 0) is 42.3 Å². The SMILES string of the molecule is O=C(Nc1ccc(CCN2CCSCC2)cc1)c1ccc(Br)cc1Cl. The van der Waals surface area contributed by atoms with Gasteiger partial charge in [0, 0.05) is 41.3 Å². The lowest BCUT2D eigenvalue weighted by atomic mass is 10.1. The maximum Gasteiger partial charge on any atom is 0.257 e. The van der Waals surface area contributed by atoms with Gasteiger partial charge in [0.1, 0.15) is 0 Å². The Morgan fingerprint density at radius 1 is 1.16 bits per heavy atom. The summed E-state index contributed by atoms with van der Waals surface area (Å²) < 4.78 is 0.853. The number of carbonyl (C=O) groups is 1. The smallest absolute Gasteiger partial charge is 0.257 e. The van der Waals surface area contributed by atoms with Crippen molar-refractivity contribution in [2.75, 3.05) is 36.5 Å². The van der Waals surface area contributed by atoms with Crippen molar-refractivity contribution in [2.45, 2.75) is 6.42 Å². The topological polar surface area (TPSA) is 32.3 Å². The van der Waals surface area contributed by atoms with Crippen molar-refractivity contribution in [1.29, 1.82) is 0 Å². The van der Waals surface area contributed by atoms with Crippen LogP contribution in [0.15, 0.2) is 46.9 Å². The van der Waals surface area contributed by atoms with E-state index in [-0.39, 0.29) is 5.91 Å². The number of hydrogen-bond donors (Lipinski definition) is 1. The lowest BCUT2D eigenvalue weighted by molar-refractivity contribution is 0.102. The molecule has 2 aromatic carbocycles. The number of thioether (sulfide) groups is 1. The number of nitrogens with one attached hydrogen (secondary N) is 1. The number of nitrogens with zero attached hydrogens (tertiary/aromatic N) is 1. The molecule has 25 heavy (non-hydrogen) atoms. The molecule has 132 valence electrons. The number of benzene rings is 2. The summed E-state index contributed by atoms with van der Waals surface area (Å²) in [6, 6.07) is 13.3. The first kappa shape index (κ1) is 18.8. The van der Waals surface area contributed by atoms with Crippen LogP contribution < -0.4 is 5.32 Å². The minimum Gasteiger partial charge on any atom is -0.322 e. The lowest BCUT2D eigenvalue weighted by Gasteiger charge is -2.26. The maximum atomic E-state index is 12.3. The monoisotopic (exact) mass is 438 g/mol. The Balaban J connectivity index is 1.55. The van der Waals surface area contributed by atoms with Gasteiger partial charge in [-0.1, -0.05) is 39.7 Å². The van der Waals surface area contributed by atoms with E-state index >= 15 is 0 Å². The highest BCUT2D eigenvalue weighted by Gasteiger charge is 2.12. The Morgan fingerprint density at radius 2 is 1.88 bits per heavy atom. The van der Waals surface area contributed by atoms with Crippen molar-refractivity contribution in [3.63, 3.8) is 0 Å². The van der Waals surface area contributed by atoms with Gasteiger partial charge in [0.25, 0.3) is 5.91 Å². The third-order valence-corrected chi connectivity index (χ3v) is 5.96. The molecule has 0 spiro atoms. The number of rotatable bonds is 5. The predicted molar refractivity (Wildman–Crippen MR) is 111 cm³/mol. The summed E-state index contributed by atoms with van der Waals surface area (Å²) in [7, 11) is 0. The van der Waals surface area contributed by atoms with Crippen molar-refractivity contribution < 1.29 is 4.79 Å². The van der Waals surface area contributed by atoms with Crippen LogP contribution in [0.4, 0.5) is 5.69 Å². The first-order chi connectivity index (χ1) is 12.1. The molecular weight excluding hydrogens is 420 g/mol. The minimum absolute atomic E-state index is 0.198. The molecule has 0 saturated carbocycles. The van der Waals surface area contributed by atoms with Gasteiger partial charge in [-0.25, -0.2) is 0 Å². The molecule has 3 rings (SSSR count). The largest absolute Gasteiger partial charge is 0.322 e. The van der Waals surface area contributed by atoms with Crippen LogP contribution in [0.2, 0.25) is 5.02 Å². The number of carbonyl (C=O) groups excluding carboxylic acids is 1. The molecule has 0 unspecified atom stereocenters. The van der Waals surface area contributed by atoms with Crippen molar-refractivity contribution in [1.82, 2.24) is 4.90 Å². The molecular formula is C19H20BrClN2OS. The fourth-order valence-electron chi connectivity index (χ4n) is 2.74. The normalized spacial score (nSPS) is 15.1. The zero-order valence-electron chi connectivity index (χ0n) is 13.8. The van der Waals surface area contributed by atoms with E-state index in [0.717, 1.165) is 23.1 Å². The van der Waals surface area contributed by atoms with Crippen molar-refractivity contribution in [3.8, 4) is 0 Å². The number of hydrogen-bond acceptors (Lipinski definition) is 3. The van der Waals surface area contributed by atoms with E-state index in [4.69, 9.17) is 11.6 Å². The quantitative estimate of drug-likeness (QED) is 0.715. The second-order valence-electron chi connectivity index (χ2n) is 5.98. The first-order valence-electron chi connectivity index (χ1n) is 8.27. The van der Waals surface area contributed by atoms with E-state index in [0.29, 0.717) is 10.6 Å². The highest BCUT2D eigenvalue weighted by Crippen LogP contribution is 2.22. The number of anilines is 1. The number of amides is 1.